The Balaban J connectivity index is 1.62. The minimum absolute atomic E-state index is 0.244. The summed E-state index contributed by atoms with van der Waals surface area (Å²) in [7, 11) is -0.511. The first-order chi connectivity index (χ1) is 18.3. The zero-order valence-corrected chi connectivity index (χ0v) is 21.9. The zero-order valence-electron chi connectivity index (χ0n) is 21.1. The van der Waals surface area contributed by atoms with E-state index < -0.39 is 15.5 Å². The molecule has 0 spiro atoms. The lowest BCUT2D eigenvalue weighted by molar-refractivity contribution is -0.116. The van der Waals surface area contributed by atoms with E-state index in [1.165, 1.54) is 18.5 Å². The van der Waals surface area contributed by atoms with Crippen LogP contribution in [0.2, 0.25) is 0 Å². The Morgan fingerprint density at radius 1 is 1.18 bits per heavy atom. The molecule has 0 atom stereocenters. The molecule has 1 aliphatic rings. The van der Waals surface area contributed by atoms with E-state index in [-0.39, 0.29) is 11.7 Å². The minimum atomic E-state index is -2.36. The molecule has 4 aromatic rings. The fourth-order valence-electron chi connectivity index (χ4n) is 4.90. The van der Waals surface area contributed by atoms with Crippen molar-refractivity contribution >= 4 is 38.2 Å². The van der Waals surface area contributed by atoms with Crippen molar-refractivity contribution in [3.05, 3.63) is 72.8 Å². The van der Waals surface area contributed by atoms with Crippen molar-refractivity contribution in [3.63, 3.8) is 0 Å². The topological polar surface area (TPSA) is 115 Å². The van der Waals surface area contributed by atoms with E-state index >= 15 is 4.39 Å². The Hall–Kier alpha value is -4.05. The van der Waals surface area contributed by atoms with Gasteiger partial charge in [0.2, 0.25) is 5.91 Å². The Morgan fingerprint density at radius 2 is 1.92 bits per heavy atom. The third kappa shape index (κ3) is 4.91. The maximum Gasteiger partial charge on any atom is 0.243 e. The highest BCUT2D eigenvalue weighted by Crippen LogP contribution is 2.43. The molecule has 5 rings (SSSR count). The van der Waals surface area contributed by atoms with Crippen LogP contribution in [0.15, 0.2) is 65.8 Å². The van der Waals surface area contributed by atoms with Gasteiger partial charge < -0.3 is 15.6 Å². The van der Waals surface area contributed by atoms with Crippen LogP contribution in [0.3, 0.4) is 0 Å². The summed E-state index contributed by atoms with van der Waals surface area (Å²) in [6.45, 7) is 3.82. The molecular formula is C28H29FN6O2S. The van der Waals surface area contributed by atoms with Crippen LogP contribution in [0.25, 0.3) is 33.4 Å². The van der Waals surface area contributed by atoms with E-state index in [4.69, 9.17) is 5.73 Å². The second-order valence-corrected chi connectivity index (χ2v) is 11.9. The van der Waals surface area contributed by atoms with Crippen molar-refractivity contribution in [2.75, 3.05) is 17.2 Å². The molecular weight excluding hydrogens is 503 g/mol. The fraction of sp³-hybridized carbons (Fsp3) is 0.250. The third-order valence-electron chi connectivity index (χ3n) is 6.80. The van der Waals surface area contributed by atoms with Crippen LogP contribution >= 0.6 is 0 Å². The van der Waals surface area contributed by atoms with Crippen molar-refractivity contribution in [1.29, 1.82) is 0 Å². The van der Waals surface area contributed by atoms with Gasteiger partial charge in [-0.3, -0.25) is 4.79 Å². The van der Waals surface area contributed by atoms with Gasteiger partial charge in [-0.1, -0.05) is 37.3 Å². The van der Waals surface area contributed by atoms with E-state index in [1.54, 1.807) is 12.1 Å². The second kappa shape index (κ2) is 10.4. The number of nitrogen functional groups attached to an aromatic ring is 1. The molecule has 3 heterocycles. The molecule has 38 heavy (non-hydrogen) atoms. The summed E-state index contributed by atoms with van der Waals surface area (Å²) >= 11 is 0. The summed E-state index contributed by atoms with van der Waals surface area (Å²) < 4.78 is 35.2. The predicted octanol–water partition coefficient (Wildman–Crippen LogP) is 5.11. The van der Waals surface area contributed by atoms with E-state index in [0.29, 0.717) is 45.9 Å². The number of hydrogen-bond donors (Lipinski definition) is 2. The molecule has 3 N–H and O–H groups in total. The number of carbonyl (C=O) groups is 1. The molecule has 2 aromatic heterocycles. The first kappa shape index (κ1) is 25.6. The number of carbonyl (C=O) groups excluding carboxylic acids is 1. The number of benzene rings is 2. The van der Waals surface area contributed by atoms with Gasteiger partial charge in [-0.15, -0.1) is 0 Å². The normalized spacial score (nSPS) is 14.8. The average molecular weight is 533 g/mol. The minimum Gasteiger partial charge on any atom is -0.383 e. The summed E-state index contributed by atoms with van der Waals surface area (Å²) in [5.74, 6) is 0.591. The highest BCUT2D eigenvalue weighted by Gasteiger charge is 2.24. The molecule has 1 aliphatic heterocycles. The van der Waals surface area contributed by atoms with Gasteiger partial charge in [0.15, 0.2) is 0 Å². The van der Waals surface area contributed by atoms with Crippen LogP contribution in [0.4, 0.5) is 15.9 Å². The predicted molar refractivity (Wildman–Crippen MR) is 150 cm³/mol. The van der Waals surface area contributed by atoms with Crippen molar-refractivity contribution in [3.8, 4) is 22.4 Å². The van der Waals surface area contributed by atoms with Gasteiger partial charge in [-0.2, -0.15) is 4.36 Å². The van der Waals surface area contributed by atoms with Gasteiger partial charge >= 0.3 is 0 Å². The van der Waals surface area contributed by atoms with Gasteiger partial charge in [0.1, 0.15) is 23.6 Å². The maximum atomic E-state index is 15.8. The van der Waals surface area contributed by atoms with Crippen LogP contribution in [0.5, 0.6) is 0 Å². The first-order valence-corrected chi connectivity index (χ1v) is 14.3. The number of hydrogen-bond acceptors (Lipinski definition) is 6. The standard InChI is InChI=1S/C28H29FN6O2S/c1-3-23(36)31-16-18-7-9-19(10-8-18)26-24(25-27(30)32-17-33-28(25)35(26)2)21-12-11-20(15-22(21)29)34-38(37)13-5-4-6-14-38/h3,7-12,15,17H,1,4-6,13-14,16H2,2H3,(H,31,36)(H2,30,32,33). The molecule has 0 radical (unpaired) electrons. The second-order valence-electron chi connectivity index (χ2n) is 9.36. The molecule has 1 amide bonds. The Morgan fingerprint density at radius 3 is 2.61 bits per heavy atom. The lowest BCUT2D eigenvalue weighted by Gasteiger charge is -2.15. The molecule has 0 aliphatic carbocycles. The van der Waals surface area contributed by atoms with Crippen molar-refractivity contribution in [2.24, 2.45) is 11.4 Å². The maximum absolute atomic E-state index is 15.8. The molecule has 0 bridgehead atoms. The SMILES string of the molecule is C=CC(=O)NCc1ccc(-c2c(-c3ccc(N=S4(=O)CCCCC4)cc3F)c3c(N)ncnc3n2C)cc1. The number of aryl methyl sites for hydroxylation is 1. The monoisotopic (exact) mass is 532 g/mol. The van der Waals surface area contributed by atoms with Crippen LogP contribution in [-0.2, 0) is 28.1 Å². The van der Waals surface area contributed by atoms with E-state index in [0.717, 1.165) is 36.1 Å². The van der Waals surface area contributed by atoms with Gasteiger partial charge in [0, 0.05) is 42.3 Å². The summed E-state index contributed by atoms with van der Waals surface area (Å²) in [6.07, 6.45) is 5.41. The first-order valence-electron chi connectivity index (χ1n) is 12.4. The Kier molecular flexibility index (Phi) is 6.98. The van der Waals surface area contributed by atoms with E-state index in [2.05, 4.69) is 26.2 Å². The van der Waals surface area contributed by atoms with Crippen LogP contribution < -0.4 is 11.1 Å². The summed E-state index contributed by atoms with van der Waals surface area (Å²) in [4.78, 5) is 20.1. The van der Waals surface area contributed by atoms with Gasteiger partial charge in [0.05, 0.1) is 26.5 Å². The number of anilines is 1. The largest absolute Gasteiger partial charge is 0.383 e. The van der Waals surface area contributed by atoms with Crippen molar-refractivity contribution in [1.82, 2.24) is 19.9 Å². The number of nitrogens with one attached hydrogen (secondary N) is 1. The van der Waals surface area contributed by atoms with Gasteiger partial charge in [0.25, 0.3) is 0 Å². The van der Waals surface area contributed by atoms with Crippen LogP contribution in [0, 0.1) is 5.82 Å². The number of rotatable bonds is 6. The quantitative estimate of drug-likeness (QED) is 0.335. The number of aromatic nitrogens is 3. The van der Waals surface area contributed by atoms with E-state index in [9.17, 15) is 9.00 Å². The highest BCUT2D eigenvalue weighted by molar-refractivity contribution is 7.93. The Labute approximate surface area is 221 Å². The molecule has 1 fully saturated rings. The number of nitrogens with two attached hydrogens (primary N) is 1. The number of fused-ring (bicyclic) bond motifs is 1. The zero-order chi connectivity index (χ0) is 26.9. The van der Waals surface area contributed by atoms with Crippen LogP contribution in [0.1, 0.15) is 24.8 Å². The molecule has 10 heteroatoms. The molecule has 0 unspecified atom stereocenters. The third-order valence-corrected chi connectivity index (χ3v) is 9.19. The number of halogens is 1. The molecule has 8 nitrogen and oxygen atoms in total. The molecule has 2 aromatic carbocycles. The molecule has 0 saturated carbocycles. The van der Waals surface area contributed by atoms with Crippen molar-refractivity contribution in [2.45, 2.75) is 25.8 Å². The summed E-state index contributed by atoms with van der Waals surface area (Å²) in [5, 5.41) is 3.30. The number of amides is 1. The smallest absolute Gasteiger partial charge is 0.243 e. The average Bonchev–Trinajstić information content (AvgIpc) is 3.21. The fourth-order valence-corrected chi connectivity index (χ4v) is 7.09. The van der Waals surface area contributed by atoms with E-state index in [1.807, 2.05) is 35.9 Å². The lowest BCUT2D eigenvalue weighted by atomic mass is 9.97. The highest BCUT2D eigenvalue weighted by atomic mass is 32.2. The summed E-state index contributed by atoms with van der Waals surface area (Å²) in [6, 6.07) is 12.3. The van der Waals surface area contributed by atoms with Crippen LogP contribution in [-0.4, -0.2) is 36.2 Å². The summed E-state index contributed by atoms with van der Waals surface area (Å²) in [5.41, 5.74) is 10.6. The Bertz CT molecular complexity index is 1660. The van der Waals surface area contributed by atoms with Gasteiger partial charge in [-0.25, -0.2) is 18.6 Å². The van der Waals surface area contributed by atoms with Crippen molar-refractivity contribution < 1.29 is 13.4 Å². The number of nitrogens with zero attached hydrogens (tertiary/aromatic N) is 4. The lowest BCUT2D eigenvalue weighted by Crippen LogP contribution is -2.19. The molecule has 196 valence electrons. The molecule has 1 saturated heterocycles. The van der Waals surface area contributed by atoms with Gasteiger partial charge in [-0.05, 0) is 42.2 Å².